The van der Waals surface area contributed by atoms with E-state index in [0.717, 1.165) is 58.9 Å². The van der Waals surface area contributed by atoms with Gasteiger partial charge >= 0.3 is 0 Å². The van der Waals surface area contributed by atoms with Gasteiger partial charge in [-0.3, -0.25) is 4.79 Å². The number of aryl methyl sites for hydroxylation is 1. The van der Waals surface area contributed by atoms with Crippen molar-refractivity contribution in [2.45, 2.75) is 57.8 Å². The molecule has 2 N–H and O–H groups in total. The maximum Gasteiger partial charge on any atom is 0.254 e. The van der Waals surface area contributed by atoms with Crippen LogP contribution >= 0.6 is 0 Å². The summed E-state index contributed by atoms with van der Waals surface area (Å²) in [6, 6.07) is 18.8. The quantitative estimate of drug-likeness (QED) is 0.237. The fraction of sp³-hybridized carbons (Fsp3) is 0.351. The van der Waals surface area contributed by atoms with Crippen LogP contribution < -0.4 is 10.5 Å². The number of hydrogen-bond acceptors (Lipinski definition) is 6. The van der Waals surface area contributed by atoms with Gasteiger partial charge in [-0.05, 0) is 80.3 Å². The molecule has 6 aromatic rings. The van der Waals surface area contributed by atoms with E-state index in [-0.39, 0.29) is 18.0 Å². The number of fused-ring (bicyclic) bond motifs is 4. The summed E-state index contributed by atoms with van der Waals surface area (Å²) in [4.78, 5) is 25.8. The van der Waals surface area contributed by atoms with Crippen LogP contribution in [0.25, 0.3) is 39.3 Å². The van der Waals surface area contributed by atoms with Crippen molar-refractivity contribution >= 4 is 27.8 Å². The molecule has 1 aliphatic heterocycles. The van der Waals surface area contributed by atoms with E-state index < -0.39 is 0 Å². The van der Waals surface area contributed by atoms with Crippen LogP contribution in [0.4, 0.5) is 0 Å². The number of methoxy groups -OCH3 is 1. The van der Waals surface area contributed by atoms with E-state index in [2.05, 4.69) is 49.5 Å². The standard InChI is InChI=1S/C37H38N8O2/c1-22-7-12-33(39-16-22)45-20-24(17-40-45)19-44-35-28(13-27(15-32(35)47-2)37(46)43-21-26-10-11-30(43)34(26)38)41-36(44)31-14-25-5-3-4-6-29(25)42(31)18-23-8-9-23/h3-7,12-17,20,23,26,30,34H,8-11,18-19,21,38H2,1-2H3. The van der Waals surface area contributed by atoms with Gasteiger partial charge in [0.25, 0.3) is 5.91 Å². The van der Waals surface area contributed by atoms with Crippen LogP contribution in [0.15, 0.2) is 73.2 Å². The summed E-state index contributed by atoms with van der Waals surface area (Å²) in [6.07, 6.45) is 10.3. The van der Waals surface area contributed by atoms with Gasteiger partial charge in [0, 0.05) is 59.6 Å². The number of para-hydroxylation sites is 1. The summed E-state index contributed by atoms with van der Waals surface area (Å²) in [5.41, 5.74) is 13.0. The number of ether oxygens (including phenoxy) is 1. The predicted octanol–water partition coefficient (Wildman–Crippen LogP) is 5.58. The van der Waals surface area contributed by atoms with E-state index in [4.69, 9.17) is 15.5 Å². The van der Waals surface area contributed by atoms with Crippen molar-refractivity contribution in [3.8, 4) is 23.1 Å². The fourth-order valence-electron chi connectivity index (χ4n) is 7.80. The van der Waals surface area contributed by atoms with Crippen LogP contribution in [-0.2, 0) is 13.1 Å². The first-order valence-electron chi connectivity index (χ1n) is 16.6. The van der Waals surface area contributed by atoms with Gasteiger partial charge in [0.05, 0.1) is 31.1 Å². The summed E-state index contributed by atoms with van der Waals surface area (Å²) < 4.78 is 12.5. The minimum absolute atomic E-state index is 0.00123. The Labute approximate surface area is 272 Å². The zero-order valence-corrected chi connectivity index (χ0v) is 26.7. The third kappa shape index (κ3) is 4.73. The van der Waals surface area contributed by atoms with Crippen molar-refractivity contribution in [3.05, 3.63) is 89.9 Å². The molecule has 2 aromatic carbocycles. The number of amides is 1. The smallest absolute Gasteiger partial charge is 0.254 e. The number of nitrogens with two attached hydrogens (primary N) is 1. The zero-order valence-electron chi connectivity index (χ0n) is 26.7. The summed E-state index contributed by atoms with van der Waals surface area (Å²) in [6.45, 7) is 4.19. The molecule has 3 unspecified atom stereocenters. The maximum absolute atomic E-state index is 14.0. The minimum Gasteiger partial charge on any atom is -0.494 e. The molecule has 10 nitrogen and oxygen atoms in total. The molecule has 5 heterocycles. The average Bonchev–Trinajstić information content (AvgIpc) is 3.39. The molecule has 2 bridgehead atoms. The van der Waals surface area contributed by atoms with Crippen LogP contribution in [-0.4, -0.2) is 65.4 Å². The molecule has 1 amide bonds. The van der Waals surface area contributed by atoms with Gasteiger partial charge in [0.1, 0.15) is 11.3 Å². The molecule has 2 aliphatic carbocycles. The average molecular weight is 627 g/mol. The van der Waals surface area contributed by atoms with Crippen LogP contribution in [0.2, 0.25) is 0 Å². The number of pyridine rings is 1. The topological polar surface area (TPSA) is 109 Å². The van der Waals surface area contributed by atoms with Gasteiger partial charge in [-0.15, -0.1) is 0 Å². The van der Waals surface area contributed by atoms with Crippen molar-refractivity contribution in [2.24, 2.45) is 17.6 Å². The number of likely N-dealkylation sites (tertiary alicyclic amines) is 1. The van der Waals surface area contributed by atoms with Crippen molar-refractivity contribution in [3.63, 3.8) is 0 Å². The highest BCUT2D eigenvalue weighted by Crippen LogP contribution is 2.41. The Balaban J connectivity index is 1.19. The van der Waals surface area contributed by atoms with Crippen molar-refractivity contribution < 1.29 is 9.53 Å². The Hall–Kier alpha value is -4.96. The predicted molar refractivity (Wildman–Crippen MR) is 181 cm³/mol. The van der Waals surface area contributed by atoms with Crippen molar-refractivity contribution in [2.75, 3.05) is 13.7 Å². The first kappa shape index (κ1) is 28.3. The second-order valence-electron chi connectivity index (χ2n) is 13.6. The molecular formula is C37H38N8O2. The summed E-state index contributed by atoms with van der Waals surface area (Å²) in [5, 5.41) is 5.84. The van der Waals surface area contributed by atoms with E-state index in [9.17, 15) is 4.79 Å². The third-order valence-electron chi connectivity index (χ3n) is 10.5. The molecule has 3 atom stereocenters. The van der Waals surface area contributed by atoms with E-state index in [0.29, 0.717) is 36.2 Å². The molecule has 0 spiro atoms. The molecule has 4 aromatic heterocycles. The number of piperidine rings is 1. The summed E-state index contributed by atoms with van der Waals surface area (Å²) in [5.74, 6) is 3.27. The molecule has 47 heavy (non-hydrogen) atoms. The lowest BCUT2D eigenvalue weighted by Crippen LogP contribution is -2.41. The van der Waals surface area contributed by atoms with E-state index >= 15 is 0 Å². The molecule has 3 aliphatic rings. The second-order valence-corrected chi connectivity index (χ2v) is 13.6. The molecule has 1 saturated heterocycles. The number of carbonyl (C=O) groups is 1. The van der Waals surface area contributed by atoms with Crippen molar-refractivity contribution in [1.29, 1.82) is 0 Å². The van der Waals surface area contributed by atoms with Gasteiger partial charge in [-0.1, -0.05) is 24.3 Å². The number of benzene rings is 2. The maximum atomic E-state index is 14.0. The highest BCUT2D eigenvalue weighted by atomic mass is 16.5. The first-order valence-corrected chi connectivity index (χ1v) is 16.6. The molecule has 9 rings (SSSR count). The molecule has 10 heteroatoms. The van der Waals surface area contributed by atoms with Crippen LogP contribution in [0.3, 0.4) is 0 Å². The number of imidazole rings is 1. The molecule has 2 saturated carbocycles. The van der Waals surface area contributed by atoms with E-state index in [1.807, 2.05) is 54.7 Å². The summed E-state index contributed by atoms with van der Waals surface area (Å²) >= 11 is 0. The first-order chi connectivity index (χ1) is 22.9. The van der Waals surface area contributed by atoms with E-state index in [1.165, 1.54) is 23.7 Å². The SMILES string of the molecule is COc1cc(C(=O)N2CC3CCC2C3N)cc2nc(-c3cc4ccccc4n3CC3CC3)n(Cc3cnn(-c4ccc(C)cn4)c3)c12. The van der Waals surface area contributed by atoms with Gasteiger partial charge in [-0.25, -0.2) is 14.6 Å². The molecule has 238 valence electrons. The van der Waals surface area contributed by atoms with Gasteiger partial charge in [0.2, 0.25) is 0 Å². The minimum atomic E-state index is -0.00123. The monoisotopic (exact) mass is 626 g/mol. The summed E-state index contributed by atoms with van der Waals surface area (Å²) in [7, 11) is 1.67. The fourth-order valence-corrected chi connectivity index (χ4v) is 7.80. The van der Waals surface area contributed by atoms with E-state index in [1.54, 1.807) is 11.8 Å². The lowest BCUT2D eigenvalue weighted by molar-refractivity contribution is 0.0700. The zero-order chi connectivity index (χ0) is 31.8. The molecule has 0 radical (unpaired) electrons. The lowest BCUT2D eigenvalue weighted by Gasteiger charge is -2.27. The Bertz CT molecular complexity index is 2150. The number of rotatable bonds is 8. The van der Waals surface area contributed by atoms with Crippen LogP contribution in [0, 0.1) is 18.8 Å². The normalized spacial score (nSPS) is 20.6. The van der Waals surface area contributed by atoms with Gasteiger partial charge in [0.15, 0.2) is 11.6 Å². The second kappa shape index (κ2) is 10.8. The Morgan fingerprint density at radius 3 is 2.64 bits per heavy atom. The van der Waals surface area contributed by atoms with Crippen LogP contribution in [0.5, 0.6) is 5.75 Å². The Morgan fingerprint density at radius 1 is 1.02 bits per heavy atom. The van der Waals surface area contributed by atoms with Crippen molar-refractivity contribution in [1.82, 2.24) is 33.8 Å². The highest BCUT2D eigenvalue weighted by Gasteiger charge is 2.47. The lowest BCUT2D eigenvalue weighted by atomic mass is 10.1. The third-order valence-corrected chi connectivity index (χ3v) is 10.5. The van der Waals surface area contributed by atoms with Crippen LogP contribution in [0.1, 0.15) is 47.2 Å². The number of aromatic nitrogens is 6. The largest absolute Gasteiger partial charge is 0.494 e. The Kier molecular flexibility index (Phi) is 6.50. The number of carbonyl (C=O) groups excluding carboxylic acids is 1. The molecule has 3 fully saturated rings. The highest BCUT2D eigenvalue weighted by molar-refractivity contribution is 6.00. The van der Waals surface area contributed by atoms with Gasteiger partial charge in [-0.2, -0.15) is 5.10 Å². The Morgan fingerprint density at radius 2 is 1.89 bits per heavy atom. The number of nitrogens with zero attached hydrogens (tertiary/aromatic N) is 7. The molecular weight excluding hydrogens is 588 g/mol. The number of hydrogen-bond donors (Lipinski definition) is 1. The van der Waals surface area contributed by atoms with Gasteiger partial charge < -0.3 is 24.5 Å².